The molecular weight excluding hydrogens is 409 g/mol. The van der Waals surface area contributed by atoms with Crippen molar-refractivity contribution in [1.82, 2.24) is 24.0 Å². The Morgan fingerprint density at radius 2 is 1.66 bits per heavy atom. The normalized spacial score (nSPS) is 18.8. The molecule has 0 atom stereocenters. The van der Waals surface area contributed by atoms with Gasteiger partial charge in [0.2, 0.25) is 5.95 Å². The molecule has 2 aromatic heterocycles. The van der Waals surface area contributed by atoms with E-state index in [0.717, 1.165) is 29.6 Å². The highest BCUT2D eigenvalue weighted by molar-refractivity contribution is 5.81. The first-order valence-electron chi connectivity index (χ1n) is 10.8. The molecule has 2 N–H and O–H groups in total. The van der Waals surface area contributed by atoms with Crippen molar-refractivity contribution in [2.75, 3.05) is 17.7 Å². The van der Waals surface area contributed by atoms with Gasteiger partial charge in [-0.3, -0.25) is 14.0 Å². The standard InChI is InChI=1S/C23H32FN7O/c1-22(2)11-15(12-23(3,4)31(22)7)26-19-16(24)13-25-20(28-19)27-14-8-9-17-18(10-14)30(6)21(32)29(17)5/h8-10,13,15H,11-12H2,1-7H3,(H2,25,26,27,28). The number of nitrogens with zero attached hydrogens (tertiary/aromatic N) is 5. The average molecular weight is 442 g/mol. The van der Waals surface area contributed by atoms with Crippen LogP contribution in [0, 0.1) is 5.82 Å². The van der Waals surface area contributed by atoms with E-state index in [1.807, 2.05) is 18.2 Å². The molecule has 1 aliphatic rings. The number of rotatable bonds is 4. The van der Waals surface area contributed by atoms with Gasteiger partial charge in [0.25, 0.3) is 0 Å². The Bertz CT molecular complexity index is 1210. The molecule has 32 heavy (non-hydrogen) atoms. The van der Waals surface area contributed by atoms with Crippen molar-refractivity contribution >= 4 is 28.5 Å². The summed E-state index contributed by atoms with van der Waals surface area (Å²) in [7, 11) is 5.61. The number of imidazole rings is 1. The summed E-state index contributed by atoms with van der Waals surface area (Å²) in [5, 5.41) is 6.45. The maximum Gasteiger partial charge on any atom is 0.328 e. The zero-order chi connectivity index (χ0) is 23.4. The van der Waals surface area contributed by atoms with Crippen LogP contribution in [0.2, 0.25) is 0 Å². The van der Waals surface area contributed by atoms with Crippen LogP contribution in [-0.4, -0.2) is 48.2 Å². The summed E-state index contributed by atoms with van der Waals surface area (Å²) in [6.45, 7) is 8.83. The molecule has 1 saturated heterocycles. The third-order valence-corrected chi connectivity index (χ3v) is 6.92. The van der Waals surface area contributed by atoms with E-state index in [1.54, 1.807) is 23.2 Å². The number of piperidine rings is 1. The Morgan fingerprint density at radius 1 is 1.03 bits per heavy atom. The van der Waals surface area contributed by atoms with Gasteiger partial charge in [-0.05, 0) is 65.8 Å². The van der Waals surface area contributed by atoms with Gasteiger partial charge in [0.05, 0.1) is 17.2 Å². The number of likely N-dealkylation sites (tertiary alicyclic amines) is 1. The summed E-state index contributed by atoms with van der Waals surface area (Å²) in [5.74, 6) is 0.00321. The first-order valence-corrected chi connectivity index (χ1v) is 10.8. The van der Waals surface area contributed by atoms with Crippen LogP contribution in [0.4, 0.5) is 21.8 Å². The molecule has 1 fully saturated rings. The van der Waals surface area contributed by atoms with Crippen molar-refractivity contribution in [2.24, 2.45) is 14.1 Å². The predicted molar refractivity (Wildman–Crippen MR) is 126 cm³/mol. The Morgan fingerprint density at radius 3 is 2.31 bits per heavy atom. The average Bonchev–Trinajstić information content (AvgIpc) is 2.92. The maximum absolute atomic E-state index is 14.6. The van der Waals surface area contributed by atoms with Crippen LogP contribution < -0.4 is 16.3 Å². The topological polar surface area (TPSA) is 80.0 Å². The van der Waals surface area contributed by atoms with E-state index in [-0.39, 0.29) is 28.6 Å². The molecular formula is C23H32FN7O. The van der Waals surface area contributed by atoms with Gasteiger partial charge in [0.1, 0.15) is 0 Å². The van der Waals surface area contributed by atoms with Gasteiger partial charge in [-0.15, -0.1) is 0 Å². The van der Waals surface area contributed by atoms with E-state index in [0.29, 0.717) is 5.95 Å². The molecule has 0 amide bonds. The summed E-state index contributed by atoms with van der Waals surface area (Å²) in [5.41, 5.74) is 2.20. The molecule has 0 bridgehead atoms. The largest absolute Gasteiger partial charge is 0.365 e. The molecule has 9 heteroatoms. The molecule has 3 heterocycles. The molecule has 3 aromatic rings. The Balaban J connectivity index is 1.58. The van der Waals surface area contributed by atoms with Crippen LogP contribution in [0.1, 0.15) is 40.5 Å². The number of hydrogen-bond donors (Lipinski definition) is 2. The van der Waals surface area contributed by atoms with Crippen molar-refractivity contribution in [3.05, 3.63) is 40.7 Å². The van der Waals surface area contributed by atoms with Gasteiger partial charge in [-0.25, -0.2) is 14.2 Å². The minimum Gasteiger partial charge on any atom is -0.365 e. The van der Waals surface area contributed by atoms with Gasteiger partial charge < -0.3 is 10.6 Å². The summed E-state index contributed by atoms with van der Waals surface area (Å²) < 4.78 is 17.8. The Hall–Kier alpha value is -2.94. The van der Waals surface area contributed by atoms with Gasteiger partial charge in [-0.2, -0.15) is 4.98 Å². The molecule has 8 nitrogen and oxygen atoms in total. The zero-order valence-corrected chi connectivity index (χ0v) is 19.8. The maximum atomic E-state index is 14.6. The quantitative estimate of drug-likeness (QED) is 0.644. The van der Waals surface area contributed by atoms with Crippen LogP contribution in [0.15, 0.2) is 29.2 Å². The summed E-state index contributed by atoms with van der Waals surface area (Å²) >= 11 is 0. The van der Waals surface area contributed by atoms with Crippen LogP contribution in [0.25, 0.3) is 11.0 Å². The second-order valence-electron chi connectivity index (χ2n) is 10.1. The van der Waals surface area contributed by atoms with Crippen LogP contribution in [0.3, 0.4) is 0 Å². The molecule has 172 valence electrons. The summed E-state index contributed by atoms with van der Waals surface area (Å²) in [6, 6.07) is 5.66. The third-order valence-electron chi connectivity index (χ3n) is 6.92. The highest BCUT2D eigenvalue weighted by atomic mass is 19.1. The van der Waals surface area contributed by atoms with Crippen molar-refractivity contribution in [1.29, 1.82) is 0 Å². The second-order valence-corrected chi connectivity index (χ2v) is 10.1. The fourth-order valence-electron chi connectivity index (χ4n) is 4.91. The first kappa shape index (κ1) is 22.3. The molecule has 0 radical (unpaired) electrons. The number of halogens is 1. The second kappa shape index (κ2) is 7.58. The predicted octanol–water partition coefficient (Wildman–Crippen LogP) is 3.61. The smallest absolute Gasteiger partial charge is 0.328 e. The van der Waals surface area contributed by atoms with E-state index in [2.05, 4.69) is 60.2 Å². The SMILES string of the molecule is CN1C(C)(C)CC(Nc2nc(Nc3ccc4c(c3)n(C)c(=O)n4C)ncc2F)CC1(C)C. The third kappa shape index (κ3) is 3.85. The van der Waals surface area contributed by atoms with Gasteiger partial charge in [0.15, 0.2) is 11.6 Å². The van der Waals surface area contributed by atoms with E-state index in [1.165, 1.54) is 6.20 Å². The highest BCUT2D eigenvalue weighted by Gasteiger charge is 2.43. The van der Waals surface area contributed by atoms with Gasteiger partial charge in [-0.1, -0.05) is 0 Å². The zero-order valence-electron chi connectivity index (χ0n) is 19.8. The monoisotopic (exact) mass is 441 g/mol. The van der Waals surface area contributed by atoms with Crippen molar-refractivity contribution in [3.63, 3.8) is 0 Å². The van der Waals surface area contributed by atoms with E-state index < -0.39 is 5.82 Å². The lowest BCUT2D eigenvalue weighted by molar-refractivity contribution is -0.00778. The van der Waals surface area contributed by atoms with E-state index in [4.69, 9.17) is 0 Å². The lowest BCUT2D eigenvalue weighted by atomic mass is 9.77. The molecule has 0 unspecified atom stereocenters. The number of hydrogen-bond acceptors (Lipinski definition) is 6. The number of benzene rings is 1. The fourth-order valence-corrected chi connectivity index (χ4v) is 4.91. The number of anilines is 3. The van der Waals surface area contributed by atoms with Crippen molar-refractivity contribution < 1.29 is 4.39 Å². The highest BCUT2D eigenvalue weighted by Crippen LogP contribution is 2.38. The Labute approximate surface area is 187 Å². The van der Waals surface area contributed by atoms with Crippen LogP contribution >= 0.6 is 0 Å². The van der Waals surface area contributed by atoms with Crippen molar-refractivity contribution in [2.45, 2.75) is 57.7 Å². The molecule has 4 rings (SSSR count). The fraction of sp³-hybridized carbons (Fsp3) is 0.522. The minimum absolute atomic E-state index is 0.0228. The molecule has 0 aliphatic carbocycles. The summed E-state index contributed by atoms with van der Waals surface area (Å²) in [6.07, 6.45) is 2.93. The first-order chi connectivity index (χ1) is 14.9. The van der Waals surface area contributed by atoms with Gasteiger partial charge >= 0.3 is 5.69 Å². The summed E-state index contributed by atoms with van der Waals surface area (Å²) in [4.78, 5) is 23.1. The lowest BCUT2D eigenvalue weighted by Crippen LogP contribution is -2.61. The molecule has 1 aromatic carbocycles. The number of aromatic nitrogens is 4. The molecule has 1 aliphatic heterocycles. The molecule has 0 spiro atoms. The number of fused-ring (bicyclic) bond motifs is 1. The number of nitrogens with one attached hydrogen (secondary N) is 2. The minimum atomic E-state index is -0.481. The van der Waals surface area contributed by atoms with Gasteiger partial charge in [0, 0.05) is 36.9 Å². The molecule has 0 saturated carbocycles. The van der Waals surface area contributed by atoms with E-state index >= 15 is 0 Å². The number of aryl methyl sites for hydroxylation is 2. The van der Waals surface area contributed by atoms with Crippen LogP contribution in [-0.2, 0) is 14.1 Å². The van der Waals surface area contributed by atoms with Crippen molar-refractivity contribution in [3.8, 4) is 0 Å². The lowest BCUT2D eigenvalue weighted by Gasteiger charge is -2.53. The van der Waals surface area contributed by atoms with Crippen LogP contribution in [0.5, 0.6) is 0 Å². The Kier molecular flexibility index (Phi) is 5.27. The van der Waals surface area contributed by atoms with E-state index in [9.17, 15) is 9.18 Å².